The van der Waals surface area contributed by atoms with E-state index >= 15 is 0 Å². The maximum Gasteiger partial charge on any atom is 0.264 e. The van der Waals surface area contributed by atoms with Gasteiger partial charge in [-0.3, -0.25) is 9.10 Å². The van der Waals surface area contributed by atoms with Gasteiger partial charge in [0.15, 0.2) is 0 Å². The van der Waals surface area contributed by atoms with Crippen molar-refractivity contribution >= 4 is 21.6 Å². The quantitative estimate of drug-likeness (QED) is 0.938. The Kier molecular flexibility index (Phi) is 4.23. The van der Waals surface area contributed by atoms with Gasteiger partial charge in [-0.15, -0.1) is 0 Å². The van der Waals surface area contributed by atoms with Crippen LogP contribution in [-0.2, 0) is 10.0 Å². The lowest BCUT2D eigenvalue weighted by Crippen LogP contribution is -2.29. The molecule has 2 N–H and O–H groups in total. The summed E-state index contributed by atoms with van der Waals surface area (Å²) >= 11 is 0. The summed E-state index contributed by atoms with van der Waals surface area (Å²) in [6, 6.07) is 11.5. The third kappa shape index (κ3) is 2.82. The first kappa shape index (κ1) is 16.0. The summed E-state index contributed by atoms with van der Waals surface area (Å²) in [7, 11) is -2.36. The van der Waals surface area contributed by atoms with E-state index in [2.05, 4.69) is 0 Å². The van der Waals surface area contributed by atoms with Gasteiger partial charge in [-0.1, -0.05) is 29.8 Å². The molecule has 1 amide bonds. The van der Waals surface area contributed by atoms with Crippen LogP contribution in [0.1, 0.15) is 21.5 Å². The van der Waals surface area contributed by atoms with Crippen molar-refractivity contribution in [2.24, 2.45) is 5.73 Å². The minimum atomic E-state index is -3.77. The first-order chi connectivity index (χ1) is 10.2. The minimum Gasteiger partial charge on any atom is -0.366 e. The van der Waals surface area contributed by atoms with E-state index in [1.165, 1.54) is 13.1 Å². The van der Waals surface area contributed by atoms with Gasteiger partial charge in [0, 0.05) is 7.05 Å². The van der Waals surface area contributed by atoms with Crippen molar-refractivity contribution in [1.82, 2.24) is 0 Å². The van der Waals surface area contributed by atoms with Crippen molar-refractivity contribution in [2.45, 2.75) is 18.7 Å². The molecule has 2 aromatic carbocycles. The lowest BCUT2D eigenvalue weighted by atomic mass is 10.2. The van der Waals surface area contributed by atoms with Crippen molar-refractivity contribution < 1.29 is 13.2 Å². The van der Waals surface area contributed by atoms with E-state index in [1.54, 1.807) is 43.3 Å². The topological polar surface area (TPSA) is 80.5 Å². The number of sulfonamides is 1. The van der Waals surface area contributed by atoms with Gasteiger partial charge in [0.05, 0.1) is 16.1 Å². The Bertz CT molecular complexity index is 829. The zero-order valence-electron chi connectivity index (χ0n) is 12.7. The number of carbonyl (C=O) groups excluding carboxylic acids is 1. The molecule has 5 nitrogen and oxygen atoms in total. The molecule has 22 heavy (non-hydrogen) atoms. The van der Waals surface area contributed by atoms with Gasteiger partial charge in [0.2, 0.25) is 0 Å². The summed E-state index contributed by atoms with van der Waals surface area (Å²) in [5, 5.41) is 0. The molecule has 0 atom stereocenters. The van der Waals surface area contributed by atoms with E-state index in [4.69, 9.17) is 5.73 Å². The number of amides is 1. The predicted molar refractivity (Wildman–Crippen MR) is 86.5 cm³/mol. The smallest absolute Gasteiger partial charge is 0.264 e. The van der Waals surface area contributed by atoms with Gasteiger partial charge < -0.3 is 5.73 Å². The van der Waals surface area contributed by atoms with Crippen LogP contribution in [0.15, 0.2) is 47.4 Å². The maximum atomic E-state index is 12.8. The third-order valence-corrected chi connectivity index (χ3v) is 5.41. The Morgan fingerprint density at radius 3 is 2.32 bits per heavy atom. The van der Waals surface area contributed by atoms with E-state index in [9.17, 15) is 13.2 Å². The highest BCUT2D eigenvalue weighted by atomic mass is 32.2. The van der Waals surface area contributed by atoms with Crippen LogP contribution in [-0.4, -0.2) is 21.4 Å². The van der Waals surface area contributed by atoms with Crippen LogP contribution in [0.4, 0.5) is 5.69 Å². The fourth-order valence-corrected chi connectivity index (χ4v) is 3.74. The van der Waals surface area contributed by atoms with Crippen molar-refractivity contribution in [2.75, 3.05) is 11.4 Å². The van der Waals surface area contributed by atoms with E-state index in [0.717, 1.165) is 9.87 Å². The van der Waals surface area contributed by atoms with Gasteiger partial charge in [-0.2, -0.15) is 0 Å². The summed E-state index contributed by atoms with van der Waals surface area (Å²) in [5.41, 5.74) is 7.39. The first-order valence-corrected chi connectivity index (χ1v) is 8.14. The molecule has 0 fully saturated rings. The molecule has 0 saturated carbocycles. The molecule has 6 heteroatoms. The number of para-hydroxylation sites is 1. The second kappa shape index (κ2) is 5.81. The first-order valence-electron chi connectivity index (χ1n) is 6.70. The molecule has 0 unspecified atom stereocenters. The molecule has 0 aliphatic rings. The van der Waals surface area contributed by atoms with Gasteiger partial charge in [-0.05, 0) is 37.6 Å². The average Bonchev–Trinajstić information content (AvgIpc) is 2.45. The fourth-order valence-electron chi connectivity index (χ4n) is 2.32. The molecular formula is C16H18N2O3S. The molecule has 0 spiro atoms. The number of nitrogens with zero attached hydrogens (tertiary/aromatic N) is 1. The van der Waals surface area contributed by atoms with Crippen LogP contribution >= 0.6 is 0 Å². The van der Waals surface area contributed by atoms with Crippen LogP contribution in [0.3, 0.4) is 0 Å². The highest BCUT2D eigenvalue weighted by Crippen LogP contribution is 2.27. The molecule has 0 aliphatic heterocycles. The summed E-state index contributed by atoms with van der Waals surface area (Å²) in [6.45, 7) is 3.64. The molecular weight excluding hydrogens is 300 g/mol. The molecule has 0 saturated heterocycles. The van der Waals surface area contributed by atoms with Crippen LogP contribution in [0.2, 0.25) is 0 Å². The second-order valence-electron chi connectivity index (χ2n) is 5.12. The maximum absolute atomic E-state index is 12.8. The number of rotatable bonds is 4. The third-order valence-electron chi connectivity index (χ3n) is 3.48. The molecule has 2 aromatic rings. The molecule has 0 aromatic heterocycles. The lowest BCUT2D eigenvalue weighted by molar-refractivity contribution is 0.100. The molecule has 2 rings (SSSR count). The van der Waals surface area contributed by atoms with Crippen molar-refractivity contribution in [1.29, 1.82) is 0 Å². The van der Waals surface area contributed by atoms with E-state index in [-0.39, 0.29) is 16.1 Å². The molecule has 0 radical (unpaired) electrons. The van der Waals surface area contributed by atoms with Crippen LogP contribution in [0.5, 0.6) is 0 Å². The Morgan fingerprint density at radius 2 is 1.73 bits per heavy atom. The zero-order chi connectivity index (χ0) is 16.5. The van der Waals surface area contributed by atoms with Gasteiger partial charge in [-0.25, -0.2) is 8.42 Å². The monoisotopic (exact) mass is 318 g/mol. The summed E-state index contributed by atoms with van der Waals surface area (Å²) < 4.78 is 26.7. The lowest BCUT2D eigenvalue weighted by Gasteiger charge is -2.22. The van der Waals surface area contributed by atoms with Crippen molar-refractivity contribution in [3.05, 3.63) is 59.2 Å². The van der Waals surface area contributed by atoms with Gasteiger partial charge in [0.25, 0.3) is 15.9 Å². The van der Waals surface area contributed by atoms with Crippen molar-refractivity contribution in [3.63, 3.8) is 0 Å². The Hall–Kier alpha value is -2.34. The summed E-state index contributed by atoms with van der Waals surface area (Å²) in [6.07, 6.45) is 0. The SMILES string of the molecule is Cc1ccc(S(=O)(=O)N(C)c2ccccc2C(N)=O)c(C)c1. The number of nitrogens with two attached hydrogens (primary N) is 1. The Labute approximate surface area is 130 Å². The van der Waals surface area contributed by atoms with Crippen LogP contribution in [0.25, 0.3) is 0 Å². The number of hydrogen-bond acceptors (Lipinski definition) is 3. The highest BCUT2D eigenvalue weighted by Gasteiger charge is 2.25. The Morgan fingerprint density at radius 1 is 1.09 bits per heavy atom. The average molecular weight is 318 g/mol. The predicted octanol–water partition coefficient (Wildman–Crippen LogP) is 2.23. The fraction of sp³-hybridized carbons (Fsp3) is 0.188. The van der Waals surface area contributed by atoms with Crippen LogP contribution in [0, 0.1) is 13.8 Å². The minimum absolute atomic E-state index is 0.165. The van der Waals surface area contributed by atoms with Gasteiger partial charge in [0.1, 0.15) is 0 Å². The summed E-state index contributed by atoms with van der Waals surface area (Å²) in [5.74, 6) is -0.668. The van der Waals surface area contributed by atoms with E-state index < -0.39 is 15.9 Å². The number of primary amides is 1. The largest absolute Gasteiger partial charge is 0.366 e. The summed E-state index contributed by atoms with van der Waals surface area (Å²) in [4.78, 5) is 11.7. The molecule has 116 valence electrons. The number of aryl methyl sites for hydroxylation is 2. The number of carbonyl (C=O) groups is 1. The number of benzene rings is 2. The molecule has 0 aliphatic carbocycles. The number of anilines is 1. The molecule has 0 heterocycles. The van der Waals surface area contributed by atoms with Crippen LogP contribution < -0.4 is 10.0 Å². The van der Waals surface area contributed by atoms with E-state index in [0.29, 0.717) is 5.56 Å². The number of hydrogen-bond donors (Lipinski definition) is 1. The standard InChI is InChI=1S/C16H18N2O3S/c1-11-8-9-15(12(2)10-11)22(20,21)18(3)14-7-5-4-6-13(14)16(17)19/h4-10H,1-3H3,(H2,17,19). The normalized spacial score (nSPS) is 11.2. The highest BCUT2D eigenvalue weighted by molar-refractivity contribution is 7.92. The Balaban J connectivity index is 2.57. The second-order valence-corrected chi connectivity index (χ2v) is 7.06. The zero-order valence-corrected chi connectivity index (χ0v) is 13.5. The molecule has 0 bridgehead atoms. The van der Waals surface area contributed by atoms with E-state index in [1.807, 2.05) is 6.92 Å². The van der Waals surface area contributed by atoms with Gasteiger partial charge >= 0.3 is 0 Å². The van der Waals surface area contributed by atoms with Crippen molar-refractivity contribution in [3.8, 4) is 0 Å².